The molecule has 1 aliphatic rings. The molecule has 4 heteroatoms. The maximum atomic E-state index is 11.3. The smallest absolute Gasteiger partial charge is 0.224 e. The topological polar surface area (TPSA) is 41.6 Å². The molecule has 1 amide bonds. The lowest BCUT2D eigenvalue weighted by Crippen LogP contribution is -2.22. The van der Waals surface area contributed by atoms with Gasteiger partial charge in [0.15, 0.2) is 0 Å². The Labute approximate surface area is 108 Å². The molecule has 0 aromatic heterocycles. The van der Waals surface area contributed by atoms with Crippen molar-refractivity contribution in [2.75, 3.05) is 30.4 Å². The molecule has 2 rings (SSSR count). The molecular formula is C14H20N2O2. The van der Waals surface area contributed by atoms with Crippen molar-refractivity contribution in [2.24, 2.45) is 0 Å². The number of methoxy groups -OCH3 is 1. The summed E-state index contributed by atoms with van der Waals surface area (Å²) in [6.07, 6.45) is 1.92. The molecule has 0 saturated carbocycles. The minimum atomic E-state index is 0.0448. The molecule has 1 unspecified atom stereocenters. The first-order valence-electron chi connectivity index (χ1n) is 6.40. The number of benzene rings is 1. The normalized spacial score (nSPS) is 19.0. The summed E-state index contributed by atoms with van der Waals surface area (Å²) >= 11 is 0. The molecule has 1 heterocycles. The Balaban J connectivity index is 1.97. The van der Waals surface area contributed by atoms with Gasteiger partial charge in [0.2, 0.25) is 5.91 Å². The van der Waals surface area contributed by atoms with E-state index in [1.165, 1.54) is 5.69 Å². The number of amides is 1. The van der Waals surface area contributed by atoms with Crippen molar-refractivity contribution in [1.82, 2.24) is 0 Å². The van der Waals surface area contributed by atoms with Crippen LogP contribution in [0.5, 0.6) is 0 Å². The van der Waals surface area contributed by atoms with Crippen molar-refractivity contribution >= 4 is 17.3 Å². The van der Waals surface area contributed by atoms with Crippen molar-refractivity contribution in [3.8, 4) is 0 Å². The third kappa shape index (κ3) is 3.01. The standard InChI is InChI=1S/C14H20N2O2/c1-3-14(17)15-11-4-6-12(7-5-11)16-9-8-13(10-16)18-2/h4-7,13H,3,8-10H2,1-2H3,(H,15,17). The third-order valence-electron chi connectivity index (χ3n) is 3.32. The fourth-order valence-corrected chi connectivity index (χ4v) is 2.16. The van der Waals surface area contributed by atoms with Crippen LogP contribution >= 0.6 is 0 Å². The molecule has 1 aromatic rings. The highest BCUT2D eigenvalue weighted by molar-refractivity contribution is 5.90. The Morgan fingerprint density at radius 3 is 2.72 bits per heavy atom. The van der Waals surface area contributed by atoms with Crippen LogP contribution in [0.25, 0.3) is 0 Å². The van der Waals surface area contributed by atoms with Gasteiger partial charge in [-0.1, -0.05) is 6.92 Å². The van der Waals surface area contributed by atoms with E-state index in [9.17, 15) is 4.79 Å². The first-order chi connectivity index (χ1) is 8.72. The molecule has 98 valence electrons. The van der Waals surface area contributed by atoms with Gasteiger partial charge in [0.05, 0.1) is 6.10 Å². The van der Waals surface area contributed by atoms with Gasteiger partial charge in [0.25, 0.3) is 0 Å². The summed E-state index contributed by atoms with van der Waals surface area (Å²) in [6, 6.07) is 7.98. The van der Waals surface area contributed by atoms with Gasteiger partial charge in [-0.25, -0.2) is 0 Å². The van der Waals surface area contributed by atoms with Gasteiger partial charge in [-0.15, -0.1) is 0 Å². The van der Waals surface area contributed by atoms with Crippen LogP contribution in [-0.4, -0.2) is 32.2 Å². The maximum absolute atomic E-state index is 11.3. The maximum Gasteiger partial charge on any atom is 0.224 e. The molecule has 1 aromatic carbocycles. The van der Waals surface area contributed by atoms with Crippen LogP contribution in [0.2, 0.25) is 0 Å². The lowest BCUT2D eigenvalue weighted by atomic mass is 10.2. The van der Waals surface area contributed by atoms with Gasteiger partial charge in [-0.2, -0.15) is 0 Å². The van der Waals surface area contributed by atoms with Gasteiger partial charge in [0.1, 0.15) is 0 Å². The highest BCUT2D eigenvalue weighted by Gasteiger charge is 2.21. The summed E-state index contributed by atoms with van der Waals surface area (Å²) in [4.78, 5) is 13.6. The molecule has 1 N–H and O–H groups in total. The first-order valence-corrected chi connectivity index (χ1v) is 6.40. The molecule has 1 atom stereocenters. The number of carbonyl (C=O) groups excluding carboxylic acids is 1. The summed E-state index contributed by atoms with van der Waals surface area (Å²) in [5.41, 5.74) is 2.04. The van der Waals surface area contributed by atoms with E-state index in [2.05, 4.69) is 10.2 Å². The Morgan fingerprint density at radius 2 is 2.17 bits per heavy atom. The molecule has 0 spiro atoms. The van der Waals surface area contributed by atoms with Crippen LogP contribution in [0, 0.1) is 0 Å². The van der Waals surface area contributed by atoms with Crippen molar-refractivity contribution in [1.29, 1.82) is 0 Å². The first kappa shape index (κ1) is 12.9. The number of hydrogen-bond acceptors (Lipinski definition) is 3. The molecule has 1 saturated heterocycles. The number of anilines is 2. The molecule has 0 aliphatic carbocycles. The summed E-state index contributed by atoms with van der Waals surface area (Å²) in [5.74, 6) is 0.0448. The number of carbonyl (C=O) groups is 1. The van der Waals surface area contributed by atoms with E-state index in [1.807, 2.05) is 31.2 Å². The minimum absolute atomic E-state index is 0.0448. The van der Waals surface area contributed by atoms with Crippen LogP contribution in [-0.2, 0) is 9.53 Å². The minimum Gasteiger partial charge on any atom is -0.380 e. The number of nitrogens with zero attached hydrogens (tertiary/aromatic N) is 1. The Kier molecular flexibility index (Phi) is 4.20. The van der Waals surface area contributed by atoms with E-state index in [-0.39, 0.29) is 5.91 Å². The zero-order chi connectivity index (χ0) is 13.0. The second kappa shape index (κ2) is 5.87. The van der Waals surface area contributed by atoms with Crippen LogP contribution in [0.15, 0.2) is 24.3 Å². The molecule has 4 nitrogen and oxygen atoms in total. The van der Waals surface area contributed by atoms with Crippen LogP contribution in [0.4, 0.5) is 11.4 Å². The van der Waals surface area contributed by atoms with Crippen molar-refractivity contribution in [2.45, 2.75) is 25.9 Å². The van der Waals surface area contributed by atoms with E-state index in [1.54, 1.807) is 7.11 Å². The van der Waals surface area contributed by atoms with Crippen molar-refractivity contribution in [3.63, 3.8) is 0 Å². The molecule has 0 radical (unpaired) electrons. The second-order valence-electron chi connectivity index (χ2n) is 4.54. The quantitative estimate of drug-likeness (QED) is 0.888. The van der Waals surface area contributed by atoms with E-state index in [4.69, 9.17) is 4.74 Å². The van der Waals surface area contributed by atoms with E-state index in [0.717, 1.165) is 25.2 Å². The SMILES string of the molecule is CCC(=O)Nc1ccc(N2CCC(OC)C2)cc1. The predicted molar refractivity (Wildman–Crippen MR) is 73.0 cm³/mol. The monoisotopic (exact) mass is 248 g/mol. The molecule has 1 fully saturated rings. The van der Waals surface area contributed by atoms with Gasteiger partial charge >= 0.3 is 0 Å². The largest absolute Gasteiger partial charge is 0.380 e. The third-order valence-corrected chi connectivity index (χ3v) is 3.32. The van der Waals surface area contributed by atoms with Crippen LogP contribution in [0.1, 0.15) is 19.8 Å². The Morgan fingerprint density at radius 1 is 1.44 bits per heavy atom. The van der Waals surface area contributed by atoms with E-state index < -0.39 is 0 Å². The fourth-order valence-electron chi connectivity index (χ4n) is 2.16. The number of hydrogen-bond donors (Lipinski definition) is 1. The van der Waals surface area contributed by atoms with Gasteiger partial charge in [0, 0.05) is 38.0 Å². The van der Waals surface area contributed by atoms with E-state index >= 15 is 0 Å². The van der Waals surface area contributed by atoms with Gasteiger partial charge in [-0.3, -0.25) is 4.79 Å². The van der Waals surface area contributed by atoms with Gasteiger partial charge < -0.3 is 15.0 Å². The summed E-state index contributed by atoms with van der Waals surface area (Å²) < 4.78 is 5.36. The molecule has 18 heavy (non-hydrogen) atoms. The van der Waals surface area contributed by atoms with Crippen molar-refractivity contribution in [3.05, 3.63) is 24.3 Å². The van der Waals surface area contributed by atoms with E-state index in [0.29, 0.717) is 12.5 Å². The Hall–Kier alpha value is -1.55. The number of ether oxygens (including phenoxy) is 1. The average Bonchev–Trinajstić information content (AvgIpc) is 2.88. The Bertz CT molecular complexity index is 403. The highest BCUT2D eigenvalue weighted by atomic mass is 16.5. The molecule has 0 bridgehead atoms. The molecule has 1 aliphatic heterocycles. The average molecular weight is 248 g/mol. The lowest BCUT2D eigenvalue weighted by molar-refractivity contribution is -0.115. The van der Waals surface area contributed by atoms with Crippen LogP contribution < -0.4 is 10.2 Å². The number of rotatable bonds is 4. The number of nitrogens with one attached hydrogen (secondary N) is 1. The summed E-state index contributed by atoms with van der Waals surface area (Å²) in [5, 5.41) is 2.85. The van der Waals surface area contributed by atoms with Gasteiger partial charge in [-0.05, 0) is 30.7 Å². The van der Waals surface area contributed by atoms with Crippen LogP contribution in [0.3, 0.4) is 0 Å². The lowest BCUT2D eigenvalue weighted by Gasteiger charge is -2.18. The second-order valence-corrected chi connectivity index (χ2v) is 4.54. The fraction of sp³-hybridized carbons (Fsp3) is 0.500. The zero-order valence-electron chi connectivity index (χ0n) is 11.0. The highest BCUT2D eigenvalue weighted by Crippen LogP contribution is 2.23. The summed E-state index contributed by atoms with van der Waals surface area (Å²) in [6.45, 7) is 3.81. The van der Waals surface area contributed by atoms with Crippen molar-refractivity contribution < 1.29 is 9.53 Å². The molecular weight excluding hydrogens is 228 g/mol. The zero-order valence-corrected chi connectivity index (χ0v) is 11.0. The summed E-state index contributed by atoms with van der Waals surface area (Å²) in [7, 11) is 1.76. The predicted octanol–water partition coefficient (Wildman–Crippen LogP) is 2.26.